The number of hydrogen-bond acceptors (Lipinski definition) is 1. The van der Waals surface area contributed by atoms with Gasteiger partial charge in [-0.15, -0.1) is 0 Å². The van der Waals surface area contributed by atoms with Crippen LogP contribution in [0.2, 0.25) is 0 Å². The molecule has 2 unspecified atom stereocenters. The second-order valence-electron chi connectivity index (χ2n) is 7.70. The number of rotatable bonds is 4. The molecule has 1 amide bonds. The molecule has 1 aliphatic heterocycles. The number of carbonyl (C=O) groups excluding carboxylic acids is 1. The van der Waals surface area contributed by atoms with Gasteiger partial charge < -0.3 is 9.47 Å². The molecule has 0 N–H and O–H groups in total. The molecule has 1 aliphatic rings. The van der Waals surface area contributed by atoms with Gasteiger partial charge >= 0.3 is 0 Å². The molecule has 0 spiro atoms. The van der Waals surface area contributed by atoms with E-state index in [1.165, 1.54) is 16.8 Å². The normalized spacial score (nSPS) is 17.6. The molecule has 0 bridgehead atoms. The standard InChI is InChI=1S/C25H28N2O/c1-3-22(20-9-5-4-6-10-20)25(28)27-18-8-17-26-16-7-11-23(26)24(27)21-14-12-19(2)13-15-21/h4-7,9-16,22,24H,3,8,17-18H2,1-2H3. The molecule has 0 radical (unpaired) electrons. The maximum Gasteiger partial charge on any atom is 0.230 e. The number of amides is 1. The second kappa shape index (κ2) is 8.05. The Morgan fingerprint density at radius 2 is 1.75 bits per heavy atom. The Kier molecular flexibility index (Phi) is 5.34. The van der Waals surface area contributed by atoms with Crippen LogP contribution in [0.15, 0.2) is 72.9 Å². The van der Waals surface area contributed by atoms with Crippen LogP contribution in [-0.2, 0) is 11.3 Å². The first-order chi connectivity index (χ1) is 13.7. The summed E-state index contributed by atoms with van der Waals surface area (Å²) in [6.07, 6.45) is 3.92. The zero-order valence-electron chi connectivity index (χ0n) is 16.7. The van der Waals surface area contributed by atoms with E-state index in [0.29, 0.717) is 0 Å². The third-order valence-corrected chi connectivity index (χ3v) is 5.84. The topological polar surface area (TPSA) is 25.2 Å². The highest BCUT2D eigenvalue weighted by molar-refractivity contribution is 5.84. The van der Waals surface area contributed by atoms with Crippen LogP contribution in [0.5, 0.6) is 0 Å². The van der Waals surface area contributed by atoms with Crippen molar-refractivity contribution in [2.75, 3.05) is 6.54 Å². The quantitative estimate of drug-likeness (QED) is 0.609. The predicted octanol–water partition coefficient (Wildman–Crippen LogP) is 5.31. The van der Waals surface area contributed by atoms with Gasteiger partial charge in [0.15, 0.2) is 0 Å². The average Bonchev–Trinajstić information content (AvgIpc) is 3.10. The van der Waals surface area contributed by atoms with Crippen molar-refractivity contribution >= 4 is 5.91 Å². The van der Waals surface area contributed by atoms with Gasteiger partial charge in [0, 0.05) is 25.0 Å². The van der Waals surface area contributed by atoms with Crippen LogP contribution in [0.3, 0.4) is 0 Å². The summed E-state index contributed by atoms with van der Waals surface area (Å²) in [5.41, 5.74) is 4.74. The minimum Gasteiger partial charge on any atom is -0.349 e. The predicted molar refractivity (Wildman–Crippen MR) is 113 cm³/mol. The van der Waals surface area contributed by atoms with E-state index in [4.69, 9.17) is 0 Å². The van der Waals surface area contributed by atoms with Crippen LogP contribution in [0.25, 0.3) is 0 Å². The molecule has 4 rings (SSSR count). The summed E-state index contributed by atoms with van der Waals surface area (Å²) < 4.78 is 2.31. The minimum absolute atomic E-state index is 0.0386. The third-order valence-electron chi connectivity index (χ3n) is 5.84. The highest BCUT2D eigenvalue weighted by Crippen LogP contribution is 2.35. The number of aromatic nitrogens is 1. The lowest BCUT2D eigenvalue weighted by Gasteiger charge is -2.33. The maximum atomic E-state index is 13.8. The Morgan fingerprint density at radius 3 is 2.46 bits per heavy atom. The molecule has 2 heterocycles. The Bertz CT molecular complexity index is 927. The van der Waals surface area contributed by atoms with Crippen molar-refractivity contribution in [2.24, 2.45) is 0 Å². The van der Waals surface area contributed by atoms with Crippen molar-refractivity contribution < 1.29 is 4.79 Å². The molecule has 1 aromatic heterocycles. The van der Waals surface area contributed by atoms with Crippen molar-refractivity contribution in [2.45, 2.75) is 45.2 Å². The molecule has 3 aromatic rings. The lowest BCUT2D eigenvalue weighted by Crippen LogP contribution is -2.39. The number of hydrogen-bond donors (Lipinski definition) is 0. The molecular formula is C25H28N2O. The highest BCUT2D eigenvalue weighted by Gasteiger charge is 2.34. The van der Waals surface area contributed by atoms with Gasteiger partial charge in [-0.25, -0.2) is 0 Å². The Hall–Kier alpha value is -2.81. The fourth-order valence-corrected chi connectivity index (χ4v) is 4.35. The molecule has 0 fully saturated rings. The Balaban J connectivity index is 1.76. The van der Waals surface area contributed by atoms with Crippen molar-refractivity contribution in [3.8, 4) is 0 Å². The number of aryl methyl sites for hydroxylation is 2. The van der Waals surface area contributed by atoms with Gasteiger partial charge in [-0.05, 0) is 43.0 Å². The number of nitrogens with zero attached hydrogens (tertiary/aromatic N) is 2. The van der Waals surface area contributed by atoms with Crippen LogP contribution < -0.4 is 0 Å². The summed E-state index contributed by atoms with van der Waals surface area (Å²) >= 11 is 0. The van der Waals surface area contributed by atoms with Crippen molar-refractivity contribution in [1.82, 2.24) is 9.47 Å². The van der Waals surface area contributed by atoms with E-state index in [9.17, 15) is 4.79 Å². The fraction of sp³-hybridized carbons (Fsp3) is 0.320. The summed E-state index contributed by atoms with van der Waals surface area (Å²) in [6.45, 7) is 5.95. The van der Waals surface area contributed by atoms with Crippen molar-refractivity contribution in [3.05, 3.63) is 95.3 Å². The van der Waals surface area contributed by atoms with Crippen LogP contribution in [0.1, 0.15) is 54.1 Å². The molecule has 144 valence electrons. The lowest BCUT2D eigenvalue weighted by molar-refractivity contribution is -0.134. The molecule has 0 saturated heterocycles. The van der Waals surface area contributed by atoms with Gasteiger partial charge in [-0.1, -0.05) is 67.1 Å². The van der Waals surface area contributed by atoms with Gasteiger partial charge in [0.25, 0.3) is 0 Å². The molecule has 0 saturated carbocycles. The van der Waals surface area contributed by atoms with Gasteiger partial charge in [-0.2, -0.15) is 0 Å². The number of carbonyl (C=O) groups is 1. The van der Waals surface area contributed by atoms with Gasteiger partial charge in [0.05, 0.1) is 12.0 Å². The first-order valence-electron chi connectivity index (χ1n) is 10.3. The summed E-state index contributed by atoms with van der Waals surface area (Å²) in [4.78, 5) is 15.9. The summed E-state index contributed by atoms with van der Waals surface area (Å²) in [7, 11) is 0. The average molecular weight is 373 g/mol. The smallest absolute Gasteiger partial charge is 0.230 e. The van der Waals surface area contributed by atoms with E-state index in [1.807, 2.05) is 18.2 Å². The van der Waals surface area contributed by atoms with Gasteiger partial charge in [0.2, 0.25) is 5.91 Å². The Labute approximate surface area is 167 Å². The van der Waals surface area contributed by atoms with Crippen LogP contribution in [0, 0.1) is 6.92 Å². The van der Waals surface area contributed by atoms with Crippen LogP contribution >= 0.6 is 0 Å². The largest absolute Gasteiger partial charge is 0.349 e. The van der Waals surface area contributed by atoms with Crippen molar-refractivity contribution in [3.63, 3.8) is 0 Å². The highest BCUT2D eigenvalue weighted by atomic mass is 16.2. The molecule has 3 nitrogen and oxygen atoms in total. The molecule has 2 atom stereocenters. The van der Waals surface area contributed by atoms with Gasteiger partial charge in [0.1, 0.15) is 0 Å². The first kappa shape index (κ1) is 18.5. The first-order valence-corrected chi connectivity index (χ1v) is 10.3. The Morgan fingerprint density at radius 1 is 1.00 bits per heavy atom. The number of fused-ring (bicyclic) bond motifs is 1. The van der Waals surface area contributed by atoms with E-state index in [2.05, 4.69) is 78.0 Å². The number of benzene rings is 2. The maximum absolute atomic E-state index is 13.8. The van der Waals surface area contributed by atoms with E-state index >= 15 is 0 Å². The van der Waals surface area contributed by atoms with Crippen LogP contribution in [-0.4, -0.2) is 21.9 Å². The summed E-state index contributed by atoms with van der Waals surface area (Å²) in [5, 5.41) is 0. The minimum atomic E-state index is -0.101. The van der Waals surface area contributed by atoms with E-state index in [1.54, 1.807) is 0 Å². The monoisotopic (exact) mass is 372 g/mol. The van der Waals surface area contributed by atoms with E-state index in [-0.39, 0.29) is 17.9 Å². The molecule has 2 aromatic carbocycles. The van der Waals surface area contributed by atoms with Gasteiger partial charge in [-0.3, -0.25) is 4.79 Å². The van der Waals surface area contributed by atoms with E-state index in [0.717, 1.165) is 31.5 Å². The lowest BCUT2D eigenvalue weighted by atomic mass is 9.92. The summed E-state index contributed by atoms with van der Waals surface area (Å²) in [6, 6.07) is 23.1. The molecular weight excluding hydrogens is 344 g/mol. The van der Waals surface area contributed by atoms with Crippen LogP contribution in [0.4, 0.5) is 0 Å². The summed E-state index contributed by atoms with van der Waals surface area (Å²) in [5.74, 6) is 0.129. The second-order valence-corrected chi connectivity index (χ2v) is 7.70. The molecule has 0 aliphatic carbocycles. The van der Waals surface area contributed by atoms with E-state index < -0.39 is 0 Å². The zero-order valence-corrected chi connectivity index (χ0v) is 16.7. The zero-order chi connectivity index (χ0) is 19.5. The molecule has 28 heavy (non-hydrogen) atoms. The van der Waals surface area contributed by atoms with Crippen molar-refractivity contribution in [1.29, 1.82) is 0 Å². The SMILES string of the molecule is CCC(C(=O)N1CCCn2cccc2C1c1ccc(C)cc1)c1ccccc1. The molecule has 3 heteroatoms. The third kappa shape index (κ3) is 3.49. The fourth-order valence-electron chi connectivity index (χ4n) is 4.35.